The summed E-state index contributed by atoms with van der Waals surface area (Å²) in [5.74, 6) is 1.47. The fourth-order valence-electron chi connectivity index (χ4n) is 6.57. The molecule has 2 rings (SSSR count). The lowest BCUT2D eigenvalue weighted by atomic mass is 9.58. The van der Waals surface area contributed by atoms with Gasteiger partial charge in [0.25, 0.3) is 0 Å². The SMILES string of the molecule is CCCCCCCCCCCCC(C(=O)NC(C)C)(C1CCN(C)CC1)C1CCN(C)CC1. The summed E-state index contributed by atoms with van der Waals surface area (Å²) in [7, 11) is 4.48. The Morgan fingerprint density at radius 1 is 0.758 bits per heavy atom. The van der Waals surface area contributed by atoms with Gasteiger partial charge in [0.05, 0.1) is 5.41 Å². The predicted molar refractivity (Wildman–Crippen MR) is 143 cm³/mol. The van der Waals surface area contributed by atoms with Gasteiger partial charge in [0.2, 0.25) is 5.91 Å². The minimum Gasteiger partial charge on any atom is -0.353 e. The fourth-order valence-corrected chi connectivity index (χ4v) is 6.57. The van der Waals surface area contributed by atoms with Gasteiger partial charge in [0.1, 0.15) is 0 Å². The maximum absolute atomic E-state index is 14.0. The molecule has 0 aromatic heterocycles. The molecule has 2 aliphatic heterocycles. The van der Waals surface area contributed by atoms with Gasteiger partial charge >= 0.3 is 0 Å². The van der Waals surface area contributed by atoms with Crippen LogP contribution in [-0.4, -0.2) is 62.0 Å². The van der Waals surface area contributed by atoms with E-state index in [1.807, 2.05) is 0 Å². The van der Waals surface area contributed by atoms with Crippen molar-refractivity contribution in [1.29, 1.82) is 0 Å². The van der Waals surface area contributed by atoms with Crippen molar-refractivity contribution < 1.29 is 4.79 Å². The molecule has 0 radical (unpaired) electrons. The molecule has 0 aromatic rings. The highest BCUT2D eigenvalue weighted by atomic mass is 16.2. The highest BCUT2D eigenvalue weighted by Gasteiger charge is 2.51. The van der Waals surface area contributed by atoms with Crippen molar-refractivity contribution in [3.05, 3.63) is 0 Å². The molecule has 33 heavy (non-hydrogen) atoms. The summed E-state index contributed by atoms with van der Waals surface area (Å²) in [5, 5.41) is 3.42. The van der Waals surface area contributed by atoms with Crippen LogP contribution in [0.15, 0.2) is 0 Å². The van der Waals surface area contributed by atoms with Gasteiger partial charge in [0.15, 0.2) is 0 Å². The second kappa shape index (κ2) is 15.4. The van der Waals surface area contributed by atoms with Crippen molar-refractivity contribution in [2.45, 2.75) is 123 Å². The Bertz CT molecular complexity index is 497. The average molecular weight is 464 g/mol. The normalized spacial score (nSPS) is 19.9. The van der Waals surface area contributed by atoms with Gasteiger partial charge in [-0.05, 0) is 98.1 Å². The molecule has 1 N–H and O–H groups in total. The molecule has 4 nitrogen and oxygen atoms in total. The molecule has 194 valence electrons. The molecule has 0 saturated carbocycles. The first-order chi connectivity index (χ1) is 15.9. The van der Waals surface area contributed by atoms with Gasteiger partial charge in [-0.25, -0.2) is 0 Å². The summed E-state index contributed by atoms with van der Waals surface area (Å²) in [5.41, 5.74) is -0.160. The monoisotopic (exact) mass is 463 g/mol. The van der Waals surface area contributed by atoms with E-state index in [2.05, 4.69) is 50.0 Å². The second-order valence-electron chi connectivity index (χ2n) is 11.8. The van der Waals surface area contributed by atoms with Crippen LogP contribution in [0.1, 0.15) is 117 Å². The number of nitrogens with one attached hydrogen (secondary N) is 1. The van der Waals surface area contributed by atoms with Gasteiger partial charge in [-0.3, -0.25) is 4.79 Å². The topological polar surface area (TPSA) is 35.6 Å². The molecule has 2 aliphatic rings. The van der Waals surface area contributed by atoms with Crippen LogP contribution >= 0.6 is 0 Å². The first-order valence-corrected chi connectivity index (χ1v) is 14.6. The molecule has 2 heterocycles. The molecule has 0 atom stereocenters. The number of carbonyl (C=O) groups is 1. The third-order valence-electron chi connectivity index (χ3n) is 8.68. The summed E-state index contributed by atoms with van der Waals surface area (Å²) in [6.45, 7) is 11.1. The van der Waals surface area contributed by atoms with Crippen molar-refractivity contribution in [3.63, 3.8) is 0 Å². The molecule has 0 bridgehead atoms. The van der Waals surface area contributed by atoms with Crippen molar-refractivity contribution in [2.24, 2.45) is 17.3 Å². The van der Waals surface area contributed by atoms with Crippen LogP contribution in [-0.2, 0) is 4.79 Å². The molecule has 4 heteroatoms. The van der Waals surface area contributed by atoms with Crippen LogP contribution in [0.2, 0.25) is 0 Å². The van der Waals surface area contributed by atoms with Crippen LogP contribution in [0.5, 0.6) is 0 Å². The fraction of sp³-hybridized carbons (Fsp3) is 0.966. The summed E-state index contributed by atoms with van der Waals surface area (Å²) in [6, 6.07) is 0.224. The van der Waals surface area contributed by atoms with Crippen LogP contribution in [0.4, 0.5) is 0 Å². The third kappa shape index (κ3) is 9.17. The lowest BCUT2D eigenvalue weighted by Crippen LogP contribution is -2.56. The van der Waals surface area contributed by atoms with E-state index >= 15 is 0 Å². The highest BCUT2D eigenvalue weighted by Crippen LogP contribution is 2.49. The number of unbranched alkanes of at least 4 members (excludes halogenated alkanes) is 9. The Hall–Kier alpha value is -0.610. The second-order valence-corrected chi connectivity index (χ2v) is 11.8. The maximum Gasteiger partial charge on any atom is 0.226 e. The van der Waals surface area contributed by atoms with E-state index in [4.69, 9.17) is 0 Å². The molecular formula is C29H57N3O. The molecule has 2 saturated heterocycles. The molecular weight excluding hydrogens is 406 g/mol. The van der Waals surface area contributed by atoms with Gasteiger partial charge < -0.3 is 15.1 Å². The van der Waals surface area contributed by atoms with Crippen LogP contribution in [0.25, 0.3) is 0 Å². The largest absolute Gasteiger partial charge is 0.353 e. The predicted octanol–water partition coefficient (Wildman–Crippen LogP) is 6.49. The number of nitrogens with zero attached hydrogens (tertiary/aromatic N) is 2. The Morgan fingerprint density at radius 2 is 1.15 bits per heavy atom. The standard InChI is InChI=1S/C29H57N3O/c1-6-7-8-9-10-11-12-13-14-15-20-29(28(33)30-25(2)3,26-16-21-31(4)22-17-26)27-18-23-32(5)24-19-27/h25-27H,6-24H2,1-5H3,(H,30,33). The molecule has 0 unspecified atom stereocenters. The quantitative estimate of drug-likeness (QED) is 0.282. The molecule has 1 amide bonds. The van der Waals surface area contributed by atoms with Crippen molar-refractivity contribution in [3.8, 4) is 0 Å². The van der Waals surface area contributed by atoms with E-state index in [0.717, 1.165) is 32.6 Å². The smallest absolute Gasteiger partial charge is 0.226 e. The third-order valence-corrected chi connectivity index (χ3v) is 8.68. The first kappa shape index (κ1) is 28.6. The average Bonchev–Trinajstić information content (AvgIpc) is 2.79. The van der Waals surface area contributed by atoms with Crippen molar-refractivity contribution >= 4 is 5.91 Å². The summed E-state index contributed by atoms with van der Waals surface area (Å²) in [4.78, 5) is 18.9. The molecule has 2 fully saturated rings. The Balaban J connectivity index is 2.01. The number of carbonyl (C=O) groups excluding carboxylic acids is 1. The minimum absolute atomic E-state index is 0.160. The van der Waals surface area contributed by atoms with Crippen LogP contribution in [0.3, 0.4) is 0 Å². The Labute approximate surface area is 206 Å². The number of piperidine rings is 2. The zero-order valence-electron chi connectivity index (χ0n) is 23.0. The molecule has 0 spiro atoms. The molecule has 0 aliphatic carbocycles. The number of rotatable bonds is 15. The van der Waals surface area contributed by atoms with Gasteiger partial charge in [-0.2, -0.15) is 0 Å². The maximum atomic E-state index is 14.0. The number of hydrogen-bond acceptors (Lipinski definition) is 3. The lowest BCUT2D eigenvalue weighted by molar-refractivity contribution is -0.144. The number of amides is 1. The van der Waals surface area contributed by atoms with Crippen LogP contribution < -0.4 is 5.32 Å². The number of hydrogen-bond donors (Lipinski definition) is 1. The van der Waals surface area contributed by atoms with Crippen molar-refractivity contribution in [2.75, 3.05) is 40.3 Å². The summed E-state index contributed by atoms with van der Waals surface area (Å²) >= 11 is 0. The van der Waals surface area contributed by atoms with E-state index in [1.165, 1.54) is 89.9 Å². The summed E-state index contributed by atoms with van der Waals surface area (Å²) in [6.07, 6.45) is 19.5. The van der Waals surface area contributed by atoms with Crippen molar-refractivity contribution in [1.82, 2.24) is 15.1 Å². The summed E-state index contributed by atoms with van der Waals surface area (Å²) < 4.78 is 0. The van der Waals surface area contributed by atoms with Gasteiger partial charge in [0, 0.05) is 6.04 Å². The highest BCUT2D eigenvalue weighted by molar-refractivity contribution is 5.83. The van der Waals surface area contributed by atoms with E-state index in [9.17, 15) is 4.79 Å². The van der Waals surface area contributed by atoms with Gasteiger partial charge in [-0.15, -0.1) is 0 Å². The van der Waals surface area contributed by atoms with Gasteiger partial charge in [-0.1, -0.05) is 71.1 Å². The van der Waals surface area contributed by atoms with E-state index in [1.54, 1.807) is 0 Å². The van der Waals surface area contributed by atoms with E-state index < -0.39 is 0 Å². The Morgan fingerprint density at radius 3 is 1.55 bits per heavy atom. The van der Waals surface area contributed by atoms with Crippen LogP contribution in [0, 0.1) is 17.3 Å². The zero-order valence-corrected chi connectivity index (χ0v) is 23.0. The zero-order chi connectivity index (χ0) is 24.1. The van der Waals surface area contributed by atoms with E-state index in [-0.39, 0.29) is 11.5 Å². The molecule has 0 aromatic carbocycles. The van der Waals surface area contributed by atoms with E-state index in [0.29, 0.717) is 17.7 Å². The number of likely N-dealkylation sites (tertiary alicyclic amines) is 2. The first-order valence-electron chi connectivity index (χ1n) is 14.6. The lowest BCUT2D eigenvalue weighted by Gasteiger charge is -2.50. The Kier molecular flexibility index (Phi) is 13.4. The minimum atomic E-state index is -0.160.